The molecule has 6 aliphatic rings. The number of nitrogens with zero attached hydrogens (tertiary/aromatic N) is 2. The van der Waals surface area contributed by atoms with E-state index in [0.29, 0.717) is 89.8 Å². The number of carbonyl (C=O) groups excluding carboxylic acids is 2. The summed E-state index contributed by atoms with van der Waals surface area (Å²) in [6, 6.07) is 9.36. The van der Waals surface area contributed by atoms with Gasteiger partial charge in [-0.2, -0.15) is 0 Å². The van der Waals surface area contributed by atoms with E-state index in [2.05, 4.69) is 20.8 Å². The molecule has 312 valence electrons. The van der Waals surface area contributed by atoms with Gasteiger partial charge in [0.05, 0.1) is 54.4 Å². The van der Waals surface area contributed by atoms with Crippen molar-refractivity contribution < 1.29 is 39.1 Å². The monoisotopic (exact) mass is 796 g/mol. The SMILES string of the molecule is CC[C@@]1(O)C(=O)OCc2c1cc1n(c2=O)Cc2cc3cc(OCCCOC(=O)CC[C@@H](C)C4CCC5C6C(CCC54C)C4(C)CCC(O)CC4C[C@H]6O)ccc3nc2-1. The first-order valence-electron chi connectivity index (χ1n) is 22.0. The molecule has 3 aromatic rings. The minimum Gasteiger partial charge on any atom is -0.493 e. The molecule has 4 heterocycles. The summed E-state index contributed by atoms with van der Waals surface area (Å²) in [5.41, 5.74) is 1.67. The van der Waals surface area contributed by atoms with Gasteiger partial charge >= 0.3 is 11.9 Å². The van der Waals surface area contributed by atoms with Crippen LogP contribution in [0.3, 0.4) is 0 Å². The van der Waals surface area contributed by atoms with Crippen LogP contribution in [0.25, 0.3) is 22.3 Å². The number of pyridine rings is 2. The van der Waals surface area contributed by atoms with Gasteiger partial charge in [-0.1, -0.05) is 27.7 Å². The van der Waals surface area contributed by atoms with E-state index in [1.807, 2.05) is 24.3 Å². The van der Waals surface area contributed by atoms with Gasteiger partial charge in [0.2, 0.25) is 0 Å². The van der Waals surface area contributed by atoms with Gasteiger partial charge in [0.15, 0.2) is 5.60 Å². The van der Waals surface area contributed by atoms with Crippen LogP contribution in [0, 0.1) is 46.3 Å². The van der Waals surface area contributed by atoms with E-state index < -0.39 is 11.6 Å². The summed E-state index contributed by atoms with van der Waals surface area (Å²) in [5, 5.41) is 34.0. The van der Waals surface area contributed by atoms with Crippen LogP contribution in [0.5, 0.6) is 5.75 Å². The van der Waals surface area contributed by atoms with Crippen LogP contribution in [0.1, 0.15) is 121 Å². The molecule has 4 aliphatic carbocycles. The number of esters is 2. The Kier molecular flexibility index (Phi) is 10.1. The number of carbonyl (C=O) groups is 2. The average Bonchev–Trinajstić information content (AvgIpc) is 3.75. The molecule has 11 heteroatoms. The quantitative estimate of drug-likeness (QED) is 0.115. The smallest absolute Gasteiger partial charge is 0.343 e. The normalized spacial score (nSPS) is 35.2. The Labute approximate surface area is 340 Å². The fourth-order valence-electron chi connectivity index (χ4n) is 13.3. The summed E-state index contributed by atoms with van der Waals surface area (Å²) < 4.78 is 18.5. The molecule has 2 aromatic heterocycles. The number of ether oxygens (including phenoxy) is 3. The molecule has 0 radical (unpaired) electrons. The van der Waals surface area contributed by atoms with Crippen molar-refractivity contribution in [1.29, 1.82) is 0 Å². The van der Waals surface area contributed by atoms with Crippen molar-refractivity contribution in [3.05, 3.63) is 57.4 Å². The predicted octanol–water partition coefficient (Wildman–Crippen LogP) is 6.80. The summed E-state index contributed by atoms with van der Waals surface area (Å²) in [5.74, 6) is 2.53. The average molecular weight is 797 g/mol. The lowest BCUT2D eigenvalue weighted by atomic mass is 9.43. The Balaban J connectivity index is 0.756. The first kappa shape index (κ1) is 39.6. The number of benzene rings is 1. The number of hydrogen-bond donors (Lipinski definition) is 3. The third-order valence-corrected chi connectivity index (χ3v) is 16.5. The molecule has 0 spiro atoms. The van der Waals surface area contributed by atoms with Gasteiger partial charge in [0.1, 0.15) is 12.4 Å². The zero-order valence-corrected chi connectivity index (χ0v) is 34.5. The van der Waals surface area contributed by atoms with Crippen molar-refractivity contribution in [2.75, 3.05) is 13.2 Å². The zero-order chi connectivity index (χ0) is 40.7. The minimum atomic E-state index is -1.87. The Hall–Kier alpha value is -3.80. The highest BCUT2D eigenvalue weighted by Gasteiger charge is 2.63. The Morgan fingerprint density at radius 3 is 2.62 bits per heavy atom. The van der Waals surface area contributed by atoms with Crippen LogP contribution >= 0.6 is 0 Å². The Bertz CT molecular complexity index is 2180. The molecule has 4 fully saturated rings. The maximum Gasteiger partial charge on any atom is 0.343 e. The number of aliphatic hydroxyl groups is 3. The van der Waals surface area contributed by atoms with Gasteiger partial charge in [-0.25, -0.2) is 9.78 Å². The fourth-order valence-corrected chi connectivity index (χ4v) is 13.3. The molecule has 3 N–H and O–H groups in total. The van der Waals surface area contributed by atoms with Crippen LogP contribution in [-0.2, 0) is 37.8 Å². The number of aromatic nitrogens is 2. The Morgan fingerprint density at radius 2 is 1.81 bits per heavy atom. The number of fused-ring (bicyclic) bond motifs is 10. The number of hydrogen-bond acceptors (Lipinski definition) is 10. The van der Waals surface area contributed by atoms with Crippen LogP contribution in [0.2, 0.25) is 0 Å². The van der Waals surface area contributed by atoms with E-state index in [-0.39, 0.29) is 54.2 Å². The molecule has 1 aromatic carbocycles. The molecular weight excluding hydrogens is 737 g/mol. The molecule has 8 unspecified atom stereocenters. The van der Waals surface area contributed by atoms with E-state index in [1.54, 1.807) is 17.6 Å². The molecule has 0 bridgehead atoms. The van der Waals surface area contributed by atoms with Gasteiger partial charge in [-0.05, 0) is 141 Å². The fraction of sp³-hybridized carbons (Fsp3) is 0.660. The van der Waals surface area contributed by atoms with Crippen molar-refractivity contribution in [2.24, 2.45) is 46.3 Å². The standard InChI is InChI=1S/C47H60N2O9/c1-5-47(55)36-23-38-42-28(24-49(38)43(53)32(36)25-58-44(47)54)19-27-20-31(8-11-37(27)48-42)56-17-6-18-57-40(52)12-7-26(2)33-9-10-34-41-35(14-16-46(33,34)4)45(3)15-13-30(50)21-29(45)22-39(41)51/h8,11,19-20,23,26,29-30,33-35,39,41,50-51,55H,5-7,9-10,12-18,21-22,24-25H2,1-4H3/t26-,29?,30?,33?,34?,35?,39-,41?,45?,46?,47+/m1/s1. The summed E-state index contributed by atoms with van der Waals surface area (Å²) in [4.78, 5) is 43.7. The maximum absolute atomic E-state index is 13.5. The second-order valence-corrected chi connectivity index (χ2v) is 19.3. The predicted molar refractivity (Wildman–Crippen MR) is 217 cm³/mol. The first-order chi connectivity index (χ1) is 27.7. The van der Waals surface area contributed by atoms with Gasteiger partial charge in [-0.15, -0.1) is 0 Å². The third-order valence-electron chi connectivity index (χ3n) is 16.5. The molecule has 0 saturated heterocycles. The maximum atomic E-state index is 13.5. The van der Waals surface area contributed by atoms with E-state index in [1.165, 1.54) is 6.42 Å². The second-order valence-electron chi connectivity index (χ2n) is 19.3. The van der Waals surface area contributed by atoms with Crippen molar-refractivity contribution >= 4 is 22.8 Å². The largest absolute Gasteiger partial charge is 0.493 e. The lowest BCUT2D eigenvalue weighted by Crippen LogP contribution is -2.58. The summed E-state index contributed by atoms with van der Waals surface area (Å²) in [6.45, 7) is 9.78. The summed E-state index contributed by atoms with van der Waals surface area (Å²) >= 11 is 0. The molecule has 11 nitrogen and oxygen atoms in total. The van der Waals surface area contributed by atoms with Gasteiger partial charge in [0.25, 0.3) is 5.56 Å². The van der Waals surface area contributed by atoms with Crippen molar-refractivity contribution in [3.8, 4) is 17.1 Å². The lowest BCUT2D eigenvalue weighted by Gasteiger charge is -2.62. The van der Waals surface area contributed by atoms with E-state index in [0.717, 1.165) is 67.8 Å². The first-order valence-corrected chi connectivity index (χ1v) is 22.0. The highest BCUT2D eigenvalue weighted by atomic mass is 16.6. The molecule has 58 heavy (non-hydrogen) atoms. The van der Waals surface area contributed by atoms with Crippen LogP contribution in [0.15, 0.2) is 35.1 Å². The van der Waals surface area contributed by atoms with Crippen LogP contribution in [0.4, 0.5) is 0 Å². The number of cyclic esters (lactones) is 1. The highest BCUT2D eigenvalue weighted by molar-refractivity contribution is 5.87. The molecule has 9 rings (SSSR count). The van der Waals surface area contributed by atoms with Gasteiger partial charge < -0.3 is 34.1 Å². The summed E-state index contributed by atoms with van der Waals surface area (Å²) in [6.07, 6.45) is 9.69. The molecule has 4 saturated carbocycles. The third kappa shape index (κ3) is 6.32. The van der Waals surface area contributed by atoms with E-state index >= 15 is 0 Å². The van der Waals surface area contributed by atoms with Crippen LogP contribution in [-0.4, -0.2) is 62.2 Å². The van der Waals surface area contributed by atoms with Crippen molar-refractivity contribution in [3.63, 3.8) is 0 Å². The van der Waals surface area contributed by atoms with Crippen LogP contribution < -0.4 is 10.3 Å². The zero-order valence-electron chi connectivity index (χ0n) is 34.5. The molecular formula is C47H60N2O9. The topological polar surface area (TPSA) is 157 Å². The molecule has 11 atom stereocenters. The van der Waals surface area contributed by atoms with E-state index in [9.17, 15) is 29.7 Å². The number of rotatable bonds is 10. The number of aliphatic hydroxyl groups excluding tert-OH is 2. The molecule has 0 amide bonds. The minimum absolute atomic E-state index is 0.0909. The lowest BCUT2D eigenvalue weighted by molar-refractivity contribution is -0.174. The Morgan fingerprint density at radius 1 is 1.02 bits per heavy atom. The molecule has 2 aliphatic heterocycles. The van der Waals surface area contributed by atoms with Gasteiger partial charge in [-0.3, -0.25) is 9.59 Å². The van der Waals surface area contributed by atoms with Gasteiger partial charge in [0, 0.05) is 29.4 Å². The summed E-state index contributed by atoms with van der Waals surface area (Å²) in [7, 11) is 0. The highest BCUT2D eigenvalue weighted by Crippen LogP contribution is 2.68. The second kappa shape index (κ2) is 14.7. The van der Waals surface area contributed by atoms with Crippen molar-refractivity contribution in [1.82, 2.24) is 9.55 Å². The van der Waals surface area contributed by atoms with Crippen molar-refractivity contribution in [2.45, 2.75) is 136 Å². The van der Waals surface area contributed by atoms with E-state index in [4.69, 9.17) is 19.2 Å².